The Morgan fingerprint density at radius 2 is 2.33 bits per heavy atom. The number of hydrogen-bond acceptors (Lipinski definition) is 5. The number of aryl methyl sites for hydroxylation is 2. The van der Waals surface area contributed by atoms with Crippen molar-refractivity contribution in [1.82, 2.24) is 25.3 Å². The SMILES string of the molecule is CCCNC(Cc1csc(C)n1)c1cnnn1C. The van der Waals surface area contributed by atoms with E-state index in [4.69, 9.17) is 0 Å². The van der Waals surface area contributed by atoms with Crippen LogP contribution >= 0.6 is 11.3 Å². The lowest BCUT2D eigenvalue weighted by molar-refractivity contribution is 0.489. The Morgan fingerprint density at radius 3 is 2.89 bits per heavy atom. The molecule has 1 N–H and O–H groups in total. The zero-order valence-corrected chi connectivity index (χ0v) is 11.9. The van der Waals surface area contributed by atoms with Gasteiger partial charge in [0.2, 0.25) is 0 Å². The van der Waals surface area contributed by atoms with Gasteiger partial charge in [-0.25, -0.2) is 4.98 Å². The molecule has 6 heteroatoms. The molecule has 2 aromatic heterocycles. The molecule has 1 atom stereocenters. The van der Waals surface area contributed by atoms with Crippen LogP contribution in [0.15, 0.2) is 11.6 Å². The van der Waals surface area contributed by atoms with Crippen molar-refractivity contribution in [2.45, 2.75) is 32.7 Å². The number of thiazole rings is 1. The van der Waals surface area contributed by atoms with Gasteiger partial charge < -0.3 is 5.32 Å². The number of aromatic nitrogens is 4. The standard InChI is InChI=1S/C12H19N5S/c1-4-5-13-11(12-7-14-16-17(12)3)6-10-8-18-9(2)15-10/h7-8,11,13H,4-6H2,1-3H3. The smallest absolute Gasteiger partial charge is 0.0897 e. The number of nitrogens with one attached hydrogen (secondary N) is 1. The van der Waals surface area contributed by atoms with Crippen molar-refractivity contribution in [1.29, 1.82) is 0 Å². The number of hydrogen-bond donors (Lipinski definition) is 1. The molecular weight excluding hydrogens is 246 g/mol. The fourth-order valence-electron chi connectivity index (χ4n) is 1.92. The quantitative estimate of drug-likeness (QED) is 0.866. The Bertz CT molecular complexity index is 490. The van der Waals surface area contributed by atoms with Crippen LogP contribution in [0.1, 0.15) is 35.8 Å². The summed E-state index contributed by atoms with van der Waals surface area (Å²) in [6.07, 6.45) is 3.82. The first-order valence-corrected chi connectivity index (χ1v) is 7.07. The van der Waals surface area contributed by atoms with Crippen LogP contribution in [0.5, 0.6) is 0 Å². The molecule has 0 amide bonds. The second kappa shape index (κ2) is 6.06. The van der Waals surface area contributed by atoms with E-state index in [9.17, 15) is 0 Å². The van der Waals surface area contributed by atoms with E-state index in [1.54, 1.807) is 11.3 Å². The summed E-state index contributed by atoms with van der Waals surface area (Å²) in [6.45, 7) is 5.19. The minimum absolute atomic E-state index is 0.228. The second-order valence-electron chi connectivity index (χ2n) is 4.35. The van der Waals surface area contributed by atoms with Gasteiger partial charge in [0.15, 0.2) is 0 Å². The van der Waals surface area contributed by atoms with E-state index in [1.165, 1.54) is 0 Å². The van der Waals surface area contributed by atoms with Gasteiger partial charge in [0, 0.05) is 18.8 Å². The molecule has 2 heterocycles. The molecule has 0 aliphatic rings. The monoisotopic (exact) mass is 265 g/mol. The molecule has 0 fully saturated rings. The Hall–Kier alpha value is -1.27. The Balaban J connectivity index is 2.12. The lowest BCUT2D eigenvalue weighted by atomic mass is 10.1. The molecule has 2 rings (SSSR count). The lowest BCUT2D eigenvalue weighted by Crippen LogP contribution is -2.26. The van der Waals surface area contributed by atoms with Crippen LogP contribution in [0.3, 0.4) is 0 Å². The third kappa shape index (κ3) is 3.14. The van der Waals surface area contributed by atoms with Crippen molar-refractivity contribution in [3.63, 3.8) is 0 Å². The first kappa shape index (κ1) is 13.2. The van der Waals surface area contributed by atoms with Crippen molar-refractivity contribution in [3.05, 3.63) is 28.0 Å². The van der Waals surface area contributed by atoms with Crippen LogP contribution in [0.2, 0.25) is 0 Å². The largest absolute Gasteiger partial charge is 0.308 e. The second-order valence-corrected chi connectivity index (χ2v) is 5.41. The van der Waals surface area contributed by atoms with E-state index in [0.29, 0.717) is 0 Å². The van der Waals surface area contributed by atoms with Crippen LogP contribution in [-0.4, -0.2) is 26.5 Å². The van der Waals surface area contributed by atoms with E-state index in [1.807, 2.05) is 24.9 Å². The van der Waals surface area contributed by atoms with E-state index in [0.717, 1.165) is 35.8 Å². The first-order valence-electron chi connectivity index (χ1n) is 6.19. The predicted molar refractivity (Wildman–Crippen MR) is 72.6 cm³/mol. The average Bonchev–Trinajstić information content (AvgIpc) is 2.93. The van der Waals surface area contributed by atoms with Crippen molar-refractivity contribution >= 4 is 11.3 Å². The third-order valence-corrected chi connectivity index (χ3v) is 3.65. The molecule has 1 unspecified atom stereocenters. The highest BCUT2D eigenvalue weighted by Gasteiger charge is 2.16. The summed E-state index contributed by atoms with van der Waals surface area (Å²) in [4.78, 5) is 4.53. The van der Waals surface area contributed by atoms with Crippen LogP contribution in [0.4, 0.5) is 0 Å². The molecule has 0 aromatic carbocycles. The van der Waals surface area contributed by atoms with Crippen molar-refractivity contribution < 1.29 is 0 Å². The first-order chi connectivity index (χ1) is 8.70. The summed E-state index contributed by atoms with van der Waals surface area (Å²) in [5.74, 6) is 0. The summed E-state index contributed by atoms with van der Waals surface area (Å²) in [5, 5.41) is 14.7. The van der Waals surface area contributed by atoms with Crippen molar-refractivity contribution in [2.24, 2.45) is 7.05 Å². The molecule has 0 saturated carbocycles. The van der Waals surface area contributed by atoms with E-state index in [2.05, 4.69) is 32.9 Å². The van der Waals surface area contributed by atoms with E-state index >= 15 is 0 Å². The van der Waals surface area contributed by atoms with Crippen LogP contribution in [-0.2, 0) is 13.5 Å². The topological polar surface area (TPSA) is 55.6 Å². The van der Waals surface area contributed by atoms with E-state index in [-0.39, 0.29) is 6.04 Å². The normalized spacial score (nSPS) is 12.8. The van der Waals surface area contributed by atoms with Crippen LogP contribution in [0, 0.1) is 6.92 Å². The van der Waals surface area contributed by atoms with Gasteiger partial charge in [0.1, 0.15) is 0 Å². The fraction of sp³-hybridized carbons (Fsp3) is 0.583. The minimum atomic E-state index is 0.228. The summed E-state index contributed by atoms with van der Waals surface area (Å²) in [7, 11) is 1.93. The molecular formula is C12H19N5S. The van der Waals surface area contributed by atoms with Gasteiger partial charge in [0.05, 0.1) is 28.6 Å². The highest BCUT2D eigenvalue weighted by atomic mass is 32.1. The maximum absolute atomic E-state index is 4.53. The minimum Gasteiger partial charge on any atom is -0.308 e. The lowest BCUT2D eigenvalue weighted by Gasteiger charge is -2.17. The van der Waals surface area contributed by atoms with Crippen LogP contribution < -0.4 is 5.32 Å². The van der Waals surface area contributed by atoms with Gasteiger partial charge in [-0.1, -0.05) is 12.1 Å². The maximum atomic E-state index is 4.53. The molecule has 98 valence electrons. The average molecular weight is 265 g/mol. The Morgan fingerprint density at radius 1 is 1.50 bits per heavy atom. The summed E-state index contributed by atoms with van der Waals surface area (Å²) in [5.41, 5.74) is 2.24. The van der Waals surface area contributed by atoms with Crippen LogP contribution in [0.25, 0.3) is 0 Å². The molecule has 2 aromatic rings. The van der Waals surface area contributed by atoms with Gasteiger partial charge in [-0.15, -0.1) is 16.4 Å². The molecule has 0 aliphatic heterocycles. The van der Waals surface area contributed by atoms with Gasteiger partial charge in [0.25, 0.3) is 0 Å². The van der Waals surface area contributed by atoms with Crippen molar-refractivity contribution in [2.75, 3.05) is 6.54 Å². The zero-order valence-electron chi connectivity index (χ0n) is 11.1. The van der Waals surface area contributed by atoms with Gasteiger partial charge in [-0.2, -0.15) is 0 Å². The summed E-state index contributed by atoms with van der Waals surface area (Å²) >= 11 is 1.69. The molecule has 0 aliphatic carbocycles. The Labute approximate surface area is 111 Å². The van der Waals surface area contributed by atoms with Gasteiger partial charge in [-0.3, -0.25) is 4.68 Å². The van der Waals surface area contributed by atoms with E-state index < -0.39 is 0 Å². The molecule has 5 nitrogen and oxygen atoms in total. The predicted octanol–water partition coefficient (Wildman–Crippen LogP) is 1.86. The number of rotatable bonds is 6. The van der Waals surface area contributed by atoms with Crippen molar-refractivity contribution in [3.8, 4) is 0 Å². The molecule has 18 heavy (non-hydrogen) atoms. The fourth-order valence-corrected chi connectivity index (χ4v) is 2.55. The highest BCUT2D eigenvalue weighted by molar-refractivity contribution is 7.09. The van der Waals surface area contributed by atoms with Gasteiger partial charge >= 0.3 is 0 Å². The summed E-state index contributed by atoms with van der Waals surface area (Å²) < 4.78 is 1.83. The molecule has 0 bridgehead atoms. The van der Waals surface area contributed by atoms with Gasteiger partial charge in [-0.05, 0) is 19.9 Å². The highest BCUT2D eigenvalue weighted by Crippen LogP contribution is 2.18. The third-order valence-electron chi connectivity index (χ3n) is 2.83. The maximum Gasteiger partial charge on any atom is 0.0897 e. The molecule has 0 saturated heterocycles. The summed E-state index contributed by atoms with van der Waals surface area (Å²) in [6, 6.07) is 0.228. The molecule has 0 spiro atoms. The Kier molecular flexibility index (Phi) is 4.43. The zero-order chi connectivity index (χ0) is 13.0. The number of nitrogens with zero attached hydrogens (tertiary/aromatic N) is 4. The molecule has 0 radical (unpaired) electrons.